The quantitative estimate of drug-likeness (QED) is 0.550. The summed E-state index contributed by atoms with van der Waals surface area (Å²) >= 11 is 0. The summed E-state index contributed by atoms with van der Waals surface area (Å²) in [6, 6.07) is 14.1. The van der Waals surface area contributed by atoms with Crippen LogP contribution < -0.4 is 5.32 Å². The maximum atomic E-state index is 14.3. The molecule has 0 saturated carbocycles. The zero-order chi connectivity index (χ0) is 25.1. The lowest BCUT2D eigenvalue weighted by atomic mass is 10.0. The summed E-state index contributed by atoms with van der Waals surface area (Å²) in [5.74, 6) is -1.62. The van der Waals surface area contributed by atoms with Crippen LogP contribution in [0, 0.1) is 11.6 Å². The molecule has 7 nitrogen and oxygen atoms in total. The van der Waals surface area contributed by atoms with E-state index in [9.17, 15) is 18.4 Å². The molecule has 0 spiro atoms. The molecule has 0 radical (unpaired) electrons. The average Bonchev–Trinajstić information content (AvgIpc) is 3.24. The molecule has 2 aromatic carbocycles. The molecule has 2 aliphatic rings. The number of aryl methyl sites for hydroxylation is 2. The second-order valence-corrected chi connectivity index (χ2v) is 9.32. The number of nitrogens with zero attached hydrogens (tertiary/aromatic N) is 4. The van der Waals surface area contributed by atoms with Crippen molar-refractivity contribution in [2.45, 2.75) is 38.9 Å². The Balaban J connectivity index is 1.39. The molecule has 1 aromatic heterocycles. The number of aromatic nitrogens is 2. The lowest BCUT2D eigenvalue weighted by Gasteiger charge is -2.29. The molecule has 3 heterocycles. The summed E-state index contributed by atoms with van der Waals surface area (Å²) in [6.45, 7) is 2.56. The number of carbonyl (C=O) groups excluding carboxylic acids is 2. The number of hydrogen-bond donors (Lipinski definition) is 1. The first kappa shape index (κ1) is 24.1. The first-order valence-corrected chi connectivity index (χ1v) is 12.3. The molecular weight excluding hydrogens is 464 g/mol. The van der Waals surface area contributed by atoms with Gasteiger partial charge in [0.15, 0.2) is 5.69 Å². The van der Waals surface area contributed by atoms with Crippen molar-refractivity contribution in [2.24, 2.45) is 0 Å². The van der Waals surface area contributed by atoms with E-state index in [2.05, 4.69) is 17.4 Å². The van der Waals surface area contributed by atoms with Gasteiger partial charge in [-0.15, -0.1) is 0 Å². The van der Waals surface area contributed by atoms with E-state index >= 15 is 0 Å². The number of hydrogen-bond acceptors (Lipinski definition) is 4. The lowest BCUT2D eigenvalue weighted by molar-refractivity contribution is -0.123. The van der Waals surface area contributed by atoms with E-state index in [1.807, 2.05) is 27.8 Å². The summed E-state index contributed by atoms with van der Waals surface area (Å²) < 4.78 is 30.5. The summed E-state index contributed by atoms with van der Waals surface area (Å²) in [5, 5.41) is 7.46. The van der Waals surface area contributed by atoms with Crippen molar-refractivity contribution in [3.05, 3.63) is 88.2 Å². The van der Waals surface area contributed by atoms with Crippen molar-refractivity contribution in [1.82, 2.24) is 24.9 Å². The van der Waals surface area contributed by atoms with Gasteiger partial charge in [0.05, 0.1) is 6.54 Å². The molecule has 0 bridgehead atoms. The van der Waals surface area contributed by atoms with E-state index in [0.29, 0.717) is 44.8 Å². The smallest absolute Gasteiger partial charge is 0.275 e. The molecule has 36 heavy (non-hydrogen) atoms. The standard InChI is InChI=1S/C27H29F2N5O2/c28-22-9-4-10-23(29)20(22)16-32-14-11-24-21(17-32)26(27(36)33-15-12-30-25(35)18-33)31-34(24)13-5-8-19-6-2-1-3-7-19/h1-4,6-7,9-10H,5,8,11-18H2,(H,30,35). The number of carbonyl (C=O) groups is 2. The van der Waals surface area contributed by atoms with Crippen LogP contribution in [-0.4, -0.2) is 57.6 Å². The van der Waals surface area contributed by atoms with Gasteiger partial charge in [0.25, 0.3) is 5.91 Å². The Morgan fingerprint density at radius 1 is 1.00 bits per heavy atom. The number of amides is 2. The Kier molecular flexibility index (Phi) is 7.09. The van der Waals surface area contributed by atoms with Gasteiger partial charge in [0.2, 0.25) is 5.91 Å². The maximum absolute atomic E-state index is 14.3. The van der Waals surface area contributed by atoms with Gasteiger partial charge >= 0.3 is 0 Å². The second kappa shape index (κ2) is 10.6. The highest BCUT2D eigenvalue weighted by Gasteiger charge is 2.32. The molecule has 1 saturated heterocycles. The Hall–Kier alpha value is -3.59. The second-order valence-electron chi connectivity index (χ2n) is 9.32. The molecule has 2 aliphatic heterocycles. The third kappa shape index (κ3) is 5.16. The van der Waals surface area contributed by atoms with Crippen LogP contribution in [0.3, 0.4) is 0 Å². The van der Waals surface area contributed by atoms with Crippen LogP contribution in [0.5, 0.6) is 0 Å². The normalized spacial score (nSPS) is 16.1. The van der Waals surface area contributed by atoms with Crippen molar-refractivity contribution >= 4 is 11.8 Å². The third-order valence-corrected chi connectivity index (χ3v) is 6.86. The van der Waals surface area contributed by atoms with Gasteiger partial charge in [-0.25, -0.2) is 8.78 Å². The minimum atomic E-state index is -0.576. The van der Waals surface area contributed by atoms with Crippen LogP contribution in [0.15, 0.2) is 48.5 Å². The fraction of sp³-hybridized carbons (Fsp3) is 0.370. The molecule has 0 atom stereocenters. The van der Waals surface area contributed by atoms with E-state index in [0.717, 1.165) is 24.1 Å². The monoisotopic (exact) mass is 493 g/mol. The Morgan fingerprint density at radius 2 is 1.78 bits per heavy atom. The van der Waals surface area contributed by atoms with Crippen LogP contribution >= 0.6 is 0 Å². The highest BCUT2D eigenvalue weighted by atomic mass is 19.1. The summed E-state index contributed by atoms with van der Waals surface area (Å²) in [5.41, 5.74) is 3.37. The number of nitrogens with one attached hydrogen (secondary N) is 1. The van der Waals surface area contributed by atoms with Gasteiger partial charge in [-0.2, -0.15) is 5.10 Å². The van der Waals surface area contributed by atoms with E-state index in [4.69, 9.17) is 5.10 Å². The van der Waals surface area contributed by atoms with Crippen LogP contribution in [0.25, 0.3) is 0 Å². The van der Waals surface area contributed by atoms with Crippen molar-refractivity contribution in [2.75, 3.05) is 26.2 Å². The van der Waals surface area contributed by atoms with E-state index in [1.165, 1.54) is 28.7 Å². The zero-order valence-electron chi connectivity index (χ0n) is 20.1. The third-order valence-electron chi connectivity index (χ3n) is 6.86. The fourth-order valence-corrected chi connectivity index (χ4v) is 4.98. The molecule has 0 aliphatic carbocycles. The van der Waals surface area contributed by atoms with Crippen LogP contribution in [0.4, 0.5) is 8.78 Å². The largest absolute Gasteiger partial charge is 0.353 e. The molecule has 1 fully saturated rings. The molecule has 5 rings (SSSR count). The summed E-state index contributed by atoms with van der Waals surface area (Å²) in [6.07, 6.45) is 2.38. The molecule has 2 amide bonds. The van der Waals surface area contributed by atoms with Crippen LogP contribution in [0.1, 0.15) is 39.3 Å². The highest BCUT2D eigenvalue weighted by molar-refractivity contribution is 5.97. The van der Waals surface area contributed by atoms with Crippen molar-refractivity contribution in [1.29, 1.82) is 0 Å². The molecule has 188 valence electrons. The fourth-order valence-electron chi connectivity index (χ4n) is 4.98. The first-order chi connectivity index (χ1) is 17.5. The lowest BCUT2D eigenvalue weighted by Crippen LogP contribution is -2.50. The van der Waals surface area contributed by atoms with Crippen molar-refractivity contribution in [3.63, 3.8) is 0 Å². The minimum Gasteiger partial charge on any atom is -0.353 e. The van der Waals surface area contributed by atoms with E-state index < -0.39 is 11.6 Å². The van der Waals surface area contributed by atoms with Gasteiger partial charge in [-0.3, -0.25) is 19.2 Å². The Morgan fingerprint density at radius 3 is 2.53 bits per heavy atom. The zero-order valence-corrected chi connectivity index (χ0v) is 20.1. The van der Waals surface area contributed by atoms with E-state index in [1.54, 1.807) is 0 Å². The minimum absolute atomic E-state index is 0.00136. The first-order valence-electron chi connectivity index (χ1n) is 12.3. The number of piperazine rings is 1. The predicted molar refractivity (Wildman–Crippen MR) is 130 cm³/mol. The van der Waals surface area contributed by atoms with Crippen molar-refractivity contribution < 1.29 is 18.4 Å². The van der Waals surface area contributed by atoms with Crippen molar-refractivity contribution in [3.8, 4) is 0 Å². The number of rotatable bonds is 7. The predicted octanol–water partition coefficient (Wildman–Crippen LogP) is 2.92. The average molecular weight is 494 g/mol. The van der Waals surface area contributed by atoms with Gasteiger partial charge in [-0.05, 0) is 30.5 Å². The van der Waals surface area contributed by atoms with Gasteiger partial charge < -0.3 is 10.2 Å². The van der Waals surface area contributed by atoms with Gasteiger partial charge in [0, 0.05) is 62.5 Å². The Labute approximate surface area is 208 Å². The summed E-state index contributed by atoms with van der Waals surface area (Å²) in [7, 11) is 0. The number of fused-ring (bicyclic) bond motifs is 1. The molecular formula is C27H29F2N5O2. The maximum Gasteiger partial charge on any atom is 0.275 e. The number of benzene rings is 2. The molecule has 9 heteroatoms. The van der Waals surface area contributed by atoms with Gasteiger partial charge in [0.1, 0.15) is 11.6 Å². The van der Waals surface area contributed by atoms with E-state index in [-0.39, 0.29) is 30.5 Å². The topological polar surface area (TPSA) is 70.5 Å². The van der Waals surface area contributed by atoms with Gasteiger partial charge in [-0.1, -0.05) is 36.4 Å². The highest BCUT2D eigenvalue weighted by Crippen LogP contribution is 2.27. The SMILES string of the molecule is O=C1CN(C(=O)c2nn(CCCc3ccccc3)c3c2CN(Cc2c(F)cccc2F)CC3)CCN1. The van der Waals surface area contributed by atoms with Crippen LogP contribution in [-0.2, 0) is 37.3 Å². The molecule has 1 N–H and O–H groups in total. The van der Waals surface area contributed by atoms with Crippen LogP contribution in [0.2, 0.25) is 0 Å². The summed E-state index contributed by atoms with van der Waals surface area (Å²) in [4.78, 5) is 28.8. The number of halogens is 2. The molecule has 3 aromatic rings. The Bertz CT molecular complexity index is 1240. The molecule has 0 unspecified atom stereocenters.